The van der Waals surface area contributed by atoms with Gasteiger partial charge in [0.25, 0.3) is 10.0 Å². The first-order chi connectivity index (χ1) is 15.9. The molecule has 1 atom stereocenters. The number of fused-ring (bicyclic) bond motifs is 1. The summed E-state index contributed by atoms with van der Waals surface area (Å²) >= 11 is 0. The Morgan fingerprint density at radius 1 is 1.06 bits per heavy atom. The second-order valence-corrected chi connectivity index (χ2v) is 9.74. The van der Waals surface area contributed by atoms with Crippen LogP contribution >= 0.6 is 0 Å². The van der Waals surface area contributed by atoms with Crippen LogP contribution in [0.25, 0.3) is 0 Å². The van der Waals surface area contributed by atoms with E-state index in [1.54, 1.807) is 0 Å². The lowest BCUT2D eigenvalue weighted by Gasteiger charge is -2.28. The number of carbonyl (C=O) groups excluding carboxylic acids is 1. The number of nitrogens with one attached hydrogen (secondary N) is 1. The highest BCUT2D eigenvalue weighted by Crippen LogP contribution is 2.30. The van der Waals surface area contributed by atoms with Gasteiger partial charge in [0.15, 0.2) is 0 Å². The standard InChI is InChI=1S/C25H25FN2O4S/c1-32-21-13-15-22(16-14-21)33(30,31)28(20-11-9-19(26)10-12-20)17-25(29)27-24-8-4-6-18-5-2-3-7-23(18)24/h2-3,5,7,9-16,24H,4,6,8,17H2,1H3,(H,27,29)/t24-/m0/s1. The van der Waals surface area contributed by atoms with Gasteiger partial charge in [-0.2, -0.15) is 0 Å². The number of amides is 1. The summed E-state index contributed by atoms with van der Waals surface area (Å²) in [5, 5.41) is 2.99. The second kappa shape index (κ2) is 9.62. The van der Waals surface area contributed by atoms with Gasteiger partial charge in [-0.3, -0.25) is 9.10 Å². The summed E-state index contributed by atoms with van der Waals surface area (Å²) in [6.07, 6.45) is 2.68. The van der Waals surface area contributed by atoms with E-state index in [1.807, 2.05) is 24.3 Å². The van der Waals surface area contributed by atoms with Crippen LogP contribution in [0.2, 0.25) is 0 Å². The molecule has 0 aromatic heterocycles. The van der Waals surface area contributed by atoms with Crippen LogP contribution in [0.15, 0.2) is 77.7 Å². The van der Waals surface area contributed by atoms with Crippen LogP contribution in [0.5, 0.6) is 5.75 Å². The highest BCUT2D eigenvalue weighted by molar-refractivity contribution is 7.92. The molecule has 33 heavy (non-hydrogen) atoms. The number of methoxy groups -OCH3 is 1. The average molecular weight is 469 g/mol. The van der Waals surface area contributed by atoms with Crippen molar-refractivity contribution in [1.82, 2.24) is 5.32 Å². The number of anilines is 1. The molecule has 1 N–H and O–H groups in total. The van der Waals surface area contributed by atoms with Crippen molar-refractivity contribution in [1.29, 1.82) is 0 Å². The van der Waals surface area contributed by atoms with Crippen LogP contribution in [-0.2, 0) is 21.2 Å². The molecule has 0 bridgehead atoms. The zero-order chi connectivity index (χ0) is 23.4. The first-order valence-corrected chi connectivity index (χ1v) is 12.1. The van der Waals surface area contributed by atoms with Crippen LogP contribution in [0.3, 0.4) is 0 Å². The smallest absolute Gasteiger partial charge is 0.264 e. The molecule has 3 aromatic rings. The monoisotopic (exact) mass is 468 g/mol. The Kier molecular flexibility index (Phi) is 6.65. The summed E-state index contributed by atoms with van der Waals surface area (Å²) < 4.78 is 46.5. The third kappa shape index (κ3) is 5.01. The van der Waals surface area contributed by atoms with Gasteiger partial charge in [-0.25, -0.2) is 12.8 Å². The quantitative estimate of drug-likeness (QED) is 0.563. The minimum atomic E-state index is -4.09. The van der Waals surface area contributed by atoms with Crippen LogP contribution in [0.1, 0.15) is 30.0 Å². The molecule has 0 unspecified atom stereocenters. The first kappa shape index (κ1) is 22.8. The number of sulfonamides is 1. The summed E-state index contributed by atoms with van der Waals surface area (Å²) in [6, 6.07) is 18.7. The van der Waals surface area contributed by atoms with E-state index in [-0.39, 0.29) is 16.6 Å². The van der Waals surface area contributed by atoms with Crippen molar-refractivity contribution in [3.63, 3.8) is 0 Å². The van der Waals surface area contributed by atoms with E-state index in [9.17, 15) is 17.6 Å². The summed E-state index contributed by atoms with van der Waals surface area (Å²) in [5.41, 5.74) is 2.45. The van der Waals surface area contributed by atoms with Crippen molar-refractivity contribution in [2.75, 3.05) is 18.0 Å². The van der Waals surface area contributed by atoms with Gasteiger partial charge in [0.1, 0.15) is 18.1 Å². The minimum Gasteiger partial charge on any atom is -0.497 e. The number of hydrogen-bond acceptors (Lipinski definition) is 4. The molecule has 0 saturated carbocycles. The highest BCUT2D eigenvalue weighted by atomic mass is 32.2. The van der Waals surface area contributed by atoms with Gasteiger partial charge >= 0.3 is 0 Å². The van der Waals surface area contributed by atoms with E-state index in [0.29, 0.717) is 5.75 Å². The maximum absolute atomic E-state index is 13.5. The lowest BCUT2D eigenvalue weighted by Crippen LogP contribution is -2.42. The summed E-state index contributed by atoms with van der Waals surface area (Å²) in [4.78, 5) is 13.0. The molecule has 1 amide bonds. The first-order valence-electron chi connectivity index (χ1n) is 10.7. The normalized spacial score (nSPS) is 15.4. The maximum Gasteiger partial charge on any atom is 0.264 e. The van der Waals surface area contributed by atoms with Crippen LogP contribution < -0.4 is 14.4 Å². The van der Waals surface area contributed by atoms with Crippen molar-refractivity contribution in [3.8, 4) is 5.75 Å². The van der Waals surface area contributed by atoms with Gasteiger partial charge in [-0.15, -0.1) is 0 Å². The van der Waals surface area contributed by atoms with Crippen molar-refractivity contribution < 1.29 is 22.3 Å². The zero-order valence-electron chi connectivity index (χ0n) is 18.2. The molecule has 0 radical (unpaired) electrons. The molecule has 0 saturated heterocycles. The fourth-order valence-electron chi connectivity index (χ4n) is 4.07. The zero-order valence-corrected chi connectivity index (χ0v) is 19.0. The summed E-state index contributed by atoms with van der Waals surface area (Å²) in [7, 11) is -2.61. The molecular formula is C25H25FN2O4S. The fraction of sp³-hybridized carbons (Fsp3) is 0.240. The van der Waals surface area contributed by atoms with Crippen molar-refractivity contribution in [2.45, 2.75) is 30.2 Å². The van der Waals surface area contributed by atoms with Crippen LogP contribution in [0.4, 0.5) is 10.1 Å². The summed E-state index contributed by atoms with van der Waals surface area (Å²) in [6.45, 7) is -0.432. The Bertz CT molecular complexity index is 1230. The van der Waals surface area contributed by atoms with Crippen molar-refractivity contribution in [2.24, 2.45) is 0 Å². The molecule has 1 aliphatic rings. The maximum atomic E-state index is 13.5. The second-order valence-electron chi connectivity index (χ2n) is 7.87. The SMILES string of the molecule is COc1ccc(S(=O)(=O)N(CC(=O)N[C@H]2CCCc3ccccc32)c2ccc(F)cc2)cc1. The van der Waals surface area contributed by atoms with Crippen LogP contribution in [-0.4, -0.2) is 28.0 Å². The van der Waals surface area contributed by atoms with E-state index in [4.69, 9.17) is 4.74 Å². The molecule has 4 rings (SSSR count). The number of nitrogens with zero attached hydrogens (tertiary/aromatic N) is 1. The van der Waals surface area contributed by atoms with E-state index < -0.39 is 28.3 Å². The summed E-state index contributed by atoms with van der Waals surface area (Å²) in [5.74, 6) is -0.419. The molecular weight excluding hydrogens is 443 g/mol. The molecule has 0 heterocycles. The number of rotatable bonds is 7. The topological polar surface area (TPSA) is 75.7 Å². The Hall–Kier alpha value is -3.39. The number of carbonyl (C=O) groups is 1. The molecule has 0 fully saturated rings. The molecule has 3 aromatic carbocycles. The van der Waals surface area contributed by atoms with E-state index in [0.717, 1.165) is 29.1 Å². The lowest BCUT2D eigenvalue weighted by atomic mass is 9.88. The fourth-order valence-corrected chi connectivity index (χ4v) is 5.49. The van der Waals surface area contributed by atoms with Crippen molar-refractivity contribution in [3.05, 3.63) is 89.7 Å². The van der Waals surface area contributed by atoms with Gasteiger partial charge in [0.05, 0.1) is 23.7 Å². The van der Waals surface area contributed by atoms with Gasteiger partial charge in [-0.05, 0) is 78.9 Å². The molecule has 1 aliphatic carbocycles. The number of halogens is 1. The Morgan fingerprint density at radius 3 is 2.45 bits per heavy atom. The van der Waals surface area contributed by atoms with Gasteiger partial charge in [0.2, 0.25) is 5.91 Å². The third-order valence-electron chi connectivity index (χ3n) is 5.75. The number of benzene rings is 3. The minimum absolute atomic E-state index is 0.00318. The molecule has 6 nitrogen and oxygen atoms in total. The largest absolute Gasteiger partial charge is 0.497 e. The number of hydrogen-bond donors (Lipinski definition) is 1. The predicted octanol–water partition coefficient (Wildman–Crippen LogP) is 4.22. The van der Waals surface area contributed by atoms with E-state index >= 15 is 0 Å². The van der Waals surface area contributed by atoms with Gasteiger partial charge < -0.3 is 10.1 Å². The van der Waals surface area contributed by atoms with Crippen molar-refractivity contribution >= 4 is 21.6 Å². The Morgan fingerprint density at radius 2 is 1.76 bits per heavy atom. The molecule has 0 aliphatic heterocycles. The lowest BCUT2D eigenvalue weighted by molar-refractivity contribution is -0.120. The molecule has 172 valence electrons. The number of ether oxygens (including phenoxy) is 1. The highest BCUT2D eigenvalue weighted by Gasteiger charge is 2.29. The predicted molar refractivity (Wildman–Crippen MR) is 124 cm³/mol. The van der Waals surface area contributed by atoms with Gasteiger partial charge in [0, 0.05) is 0 Å². The molecule has 0 spiro atoms. The number of aryl methyl sites for hydroxylation is 1. The third-order valence-corrected chi connectivity index (χ3v) is 7.54. The Labute approximate surface area is 193 Å². The molecule has 8 heteroatoms. The van der Waals surface area contributed by atoms with Gasteiger partial charge in [-0.1, -0.05) is 24.3 Å². The van der Waals surface area contributed by atoms with Crippen LogP contribution in [0, 0.1) is 5.82 Å². The van der Waals surface area contributed by atoms with E-state index in [2.05, 4.69) is 5.32 Å². The average Bonchev–Trinajstić information content (AvgIpc) is 2.83. The Balaban J connectivity index is 1.61. The van der Waals surface area contributed by atoms with E-state index in [1.165, 1.54) is 61.2 Å².